The number of carboxylic acids is 1. The molecule has 6 heteroatoms. The third kappa shape index (κ3) is 4.22. The molecule has 0 aliphatic heterocycles. The summed E-state index contributed by atoms with van der Waals surface area (Å²) in [5, 5.41) is 11.7. The maximum atomic E-state index is 12.0. The summed E-state index contributed by atoms with van der Waals surface area (Å²) in [6.07, 6.45) is 1.56. The molecular weight excluding hydrogens is 258 g/mol. The lowest BCUT2D eigenvalue weighted by atomic mass is 9.96. The predicted molar refractivity (Wildman–Crippen MR) is 76.9 cm³/mol. The molecule has 20 heavy (non-hydrogen) atoms. The molecule has 0 spiro atoms. The second-order valence-electron chi connectivity index (χ2n) is 5.20. The molecule has 0 radical (unpaired) electrons. The summed E-state index contributed by atoms with van der Waals surface area (Å²) in [5.41, 5.74) is 0.469. The van der Waals surface area contributed by atoms with Crippen molar-refractivity contribution in [3.63, 3.8) is 0 Å². The fraction of sp³-hybridized carbons (Fsp3) is 0.500. The summed E-state index contributed by atoms with van der Waals surface area (Å²) < 4.78 is 0. The number of carboxylic acid groups (broad SMARTS) is 1. The van der Waals surface area contributed by atoms with Gasteiger partial charge in [0.15, 0.2) is 0 Å². The Balaban J connectivity index is 2.72. The predicted octanol–water partition coefficient (Wildman–Crippen LogP) is 1.23. The van der Waals surface area contributed by atoms with Crippen LogP contribution in [0.4, 0.5) is 5.82 Å². The highest BCUT2D eigenvalue weighted by Crippen LogP contribution is 2.12. The maximum Gasteiger partial charge on any atom is 0.308 e. The molecule has 0 aliphatic rings. The second kappa shape index (κ2) is 6.88. The lowest BCUT2D eigenvalue weighted by Gasteiger charge is -2.17. The summed E-state index contributed by atoms with van der Waals surface area (Å²) in [7, 11) is 3.67. The van der Waals surface area contributed by atoms with E-state index >= 15 is 0 Å². The van der Waals surface area contributed by atoms with Gasteiger partial charge in [-0.25, -0.2) is 4.98 Å². The van der Waals surface area contributed by atoms with Crippen LogP contribution in [-0.4, -0.2) is 42.6 Å². The Hall–Kier alpha value is -2.11. The Kier molecular flexibility index (Phi) is 5.49. The van der Waals surface area contributed by atoms with E-state index in [-0.39, 0.29) is 18.4 Å². The molecule has 1 atom stereocenters. The molecule has 2 N–H and O–H groups in total. The van der Waals surface area contributed by atoms with Crippen molar-refractivity contribution in [2.45, 2.75) is 13.8 Å². The summed E-state index contributed by atoms with van der Waals surface area (Å²) in [6.45, 7) is 3.76. The van der Waals surface area contributed by atoms with E-state index < -0.39 is 11.9 Å². The number of aromatic nitrogens is 1. The zero-order valence-electron chi connectivity index (χ0n) is 12.3. The van der Waals surface area contributed by atoms with E-state index in [1.165, 1.54) is 0 Å². The number of pyridine rings is 1. The molecule has 1 aromatic rings. The van der Waals surface area contributed by atoms with E-state index in [9.17, 15) is 9.59 Å². The van der Waals surface area contributed by atoms with Gasteiger partial charge in [0.2, 0.25) is 0 Å². The average molecular weight is 279 g/mol. The van der Waals surface area contributed by atoms with Crippen LogP contribution in [0.3, 0.4) is 0 Å². The Morgan fingerprint density at radius 3 is 2.55 bits per heavy atom. The molecule has 0 fully saturated rings. The summed E-state index contributed by atoms with van der Waals surface area (Å²) in [4.78, 5) is 29.0. The Morgan fingerprint density at radius 1 is 1.40 bits per heavy atom. The van der Waals surface area contributed by atoms with Gasteiger partial charge in [-0.3, -0.25) is 9.59 Å². The van der Waals surface area contributed by atoms with Gasteiger partial charge in [0, 0.05) is 32.4 Å². The SMILES string of the molecule is CC(C)C(CNC(=O)c1ccnc(N(C)C)c1)C(=O)O. The van der Waals surface area contributed by atoms with Crippen LogP contribution in [0, 0.1) is 11.8 Å². The molecule has 0 saturated carbocycles. The molecule has 0 aromatic carbocycles. The van der Waals surface area contributed by atoms with Crippen LogP contribution in [0.25, 0.3) is 0 Å². The van der Waals surface area contributed by atoms with Gasteiger partial charge in [-0.15, -0.1) is 0 Å². The van der Waals surface area contributed by atoms with E-state index in [4.69, 9.17) is 5.11 Å². The standard InChI is InChI=1S/C14H21N3O3/c1-9(2)11(14(19)20)8-16-13(18)10-5-6-15-12(7-10)17(3)4/h5-7,9,11H,8H2,1-4H3,(H,16,18)(H,19,20). The van der Waals surface area contributed by atoms with E-state index in [0.717, 1.165) is 0 Å². The fourth-order valence-electron chi connectivity index (χ4n) is 1.72. The minimum atomic E-state index is -0.899. The van der Waals surface area contributed by atoms with Gasteiger partial charge < -0.3 is 15.3 Å². The Morgan fingerprint density at radius 2 is 2.05 bits per heavy atom. The largest absolute Gasteiger partial charge is 0.481 e. The lowest BCUT2D eigenvalue weighted by Crippen LogP contribution is -2.35. The molecule has 6 nitrogen and oxygen atoms in total. The van der Waals surface area contributed by atoms with E-state index in [1.54, 1.807) is 23.2 Å². The minimum absolute atomic E-state index is 0.0393. The van der Waals surface area contributed by atoms with Crippen molar-refractivity contribution >= 4 is 17.7 Å². The number of rotatable bonds is 6. The first-order valence-electron chi connectivity index (χ1n) is 6.47. The molecule has 1 aromatic heterocycles. The zero-order valence-corrected chi connectivity index (χ0v) is 12.3. The molecule has 0 bridgehead atoms. The van der Waals surface area contributed by atoms with Crippen molar-refractivity contribution in [2.24, 2.45) is 11.8 Å². The highest BCUT2D eigenvalue weighted by atomic mass is 16.4. The van der Waals surface area contributed by atoms with Gasteiger partial charge >= 0.3 is 5.97 Å². The van der Waals surface area contributed by atoms with Crippen LogP contribution in [0.15, 0.2) is 18.3 Å². The maximum absolute atomic E-state index is 12.0. The van der Waals surface area contributed by atoms with Crippen LogP contribution in [0.1, 0.15) is 24.2 Å². The number of amides is 1. The highest BCUT2D eigenvalue weighted by Gasteiger charge is 2.22. The average Bonchev–Trinajstić information content (AvgIpc) is 2.38. The first-order chi connectivity index (χ1) is 9.32. The van der Waals surface area contributed by atoms with Crippen molar-refractivity contribution in [3.8, 4) is 0 Å². The lowest BCUT2D eigenvalue weighted by molar-refractivity contribution is -0.142. The summed E-state index contributed by atoms with van der Waals surface area (Å²) >= 11 is 0. The van der Waals surface area contributed by atoms with Gasteiger partial charge in [-0.1, -0.05) is 13.8 Å². The third-order valence-corrected chi connectivity index (χ3v) is 3.07. The van der Waals surface area contributed by atoms with Crippen LogP contribution in [0.2, 0.25) is 0 Å². The smallest absolute Gasteiger partial charge is 0.308 e. The molecule has 1 unspecified atom stereocenters. The minimum Gasteiger partial charge on any atom is -0.481 e. The van der Waals surface area contributed by atoms with Crippen molar-refractivity contribution in [3.05, 3.63) is 23.9 Å². The van der Waals surface area contributed by atoms with Crippen molar-refractivity contribution in [1.29, 1.82) is 0 Å². The van der Waals surface area contributed by atoms with Gasteiger partial charge in [0.05, 0.1) is 5.92 Å². The van der Waals surface area contributed by atoms with Gasteiger partial charge in [-0.05, 0) is 18.1 Å². The van der Waals surface area contributed by atoms with Crippen LogP contribution < -0.4 is 10.2 Å². The number of hydrogen-bond donors (Lipinski definition) is 2. The quantitative estimate of drug-likeness (QED) is 0.818. The first kappa shape index (κ1) is 15.9. The van der Waals surface area contributed by atoms with Crippen LogP contribution in [-0.2, 0) is 4.79 Å². The van der Waals surface area contributed by atoms with Crippen molar-refractivity contribution < 1.29 is 14.7 Å². The van der Waals surface area contributed by atoms with E-state index in [2.05, 4.69) is 10.3 Å². The molecule has 1 rings (SSSR count). The number of hydrogen-bond acceptors (Lipinski definition) is 4. The number of anilines is 1. The topological polar surface area (TPSA) is 82.5 Å². The molecular formula is C14H21N3O3. The highest BCUT2D eigenvalue weighted by molar-refractivity contribution is 5.95. The fourth-order valence-corrected chi connectivity index (χ4v) is 1.72. The summed E-state index contributed by atoms with van der Waals surface area (Å²) in [5.74, 6) is -1.14. The Bertz CT molecular complexity index is 486. The molecule has 0 aliphatic carbocycles. The van der Waals surface area contributed by atoms with Crippen LogP contribution in [0.5, 0.6) is 0 Å². The second-order valence-corrected chi connectivity index (χ2v) is 5.20. The van der Waals surface area contributed by atoms with Gasteiger partial charge in [0.25, 0.3) is 5.91 Å². The first-order valence-corrected chi connectivity index (χ1v) is 6.47. The number of nitrogens with one attached hydrogen (secondary N) is 1. The number of carbonyl (C=O) groups excluding carboxylic acids is 1. The number of nitrogens with zero attached hydrogens (tertiary/aromatic N) is 2. The number of aliphatic carboxylic acids is 1. The normalized spacial score (nSPS) is 12.1. The van der Waals surface area contributed by atoms with E-state index in [1.807, 2.05) is 27.9 Å². The summed E-state index contributed by atoms with van der Waals surface area (Å²) in [6, 6.07) is 3.27. The molecule has 0 saturated heterocycles. The Labute approximate surface area is 118 Å². The number of carbonyl (C=O) groups is 2. The zero-order chi connectivity index (χ0) is 15.3. The van der Waals surface area contributed by atoms with Crippen molar-refractivity contribution in [1.82, 2.24) is 10.3 Å². The monoisotopic (exact) mass is 279 g/mol. The van der Waals surface area contributed by atoms with Crippen LogP contribution >= 0.6 is 0 Å². The van der Waals surface area contributed by atoms with Gasteiger partial charge in [0.1, 0.15) is 5.82 Å². The molecule has 110 valence electrons. The van der Waals surface area contributed by atoms with E-state index in [0.29, 0.717) is 11.4 Å². The molecule has 1 heterocycles. The van der Waals surface area contributed by atoms with Gasteiger partial charge in [-0.2, -0.15) is 0 Å². The van der Waals surface area contributed by atoms with Crippen molar-refractivity contribution in [2.75, 3.05) is 25.5 Å². The third-order valence-electron chi connectivity index (χ3n) is 3.07. The molecule has 1 amide bonds.